The summed E-state index contributed by atoms with van der Waals surface area (Å²) in [6, 6.07) is 11.0. The Morgan fingerprint density at radius 2 is 1.61 bits per heavy atom. The number of carbonyl (C=O) groups is 1. The van der Waals surface area contributed by atoms with Crippen LogP contribution in [0.1, 0.15) is 77.6 Å². The lowest BCUT2D eigenvalue weighted by Crippen LogP contribution is -2.51. The van der Waals surface area contributed by atoms with Gasteiger partial charge in [0.1, 0.15) is 5.75 Å². The molecule has 2 saturated heterocycles. The molecule has 11 nitrogen and oxygen atoms in total. The van der Waals surface area contributed by atoms with Crippen molar-refractivity contribution in [1.82, 2.24) is 10.0 Å². The highest BCUT2D eigenvalue weighted by Crippen LogP contribution is 2.30. The standard InChI is InChI=1S/C34H48N2O9S/c1-34(46(2,39)40,33(38)35-45-32-8-4-6-22-42-32)18-20-36-19-17-27(23-30(36)37)26-11-15-28(16-12-26)43-24-25-9-13-29(14-10-25)44-31-7-3-5-21-41-31/h11-12,15-17,19,23,25,29,31-32H,3-10,13-14,18,20-22,24H2,1-2H3,(H,35,38)/t25-,29+,31?,32?,34-/m1/s1. The molecule has 1 aromatic carbocycles. The summed E-state index contributed by atoms with van der Waals surface area (Å²) in [6.45, 7) is 3.36. The highest BCUT2D eigenvalue weighted by atomic mass is 32.2. The molecule has 3 atom stereocenters. The molecule has 2 aliphatic heterocycles. The summed E-state index contributed by atoms with van der Waals surface area (Å²) >= 11 is 0. The second-order valence-corrected chi connectivity index (χ2v) is 15.4. The van der Waals surface area contributed by atoms with Gasteiger partial charge >= 0.3 is 0 Å². The Balaban J connectivity index is 1.10. The molecule has 2 aromatic rings. The van der Waals surface area contributed by atoms with Crippen molar-refractivity contribution in [3.63, 3.8) is 0 Å². The number of benzene rings is 1. The Bertz CT molecular complexity index is 1440. The molecule has 3 fully saturated rings. The van der Waals surface area contributed by atoms with E-state index in [1.807, 2.05) is 24.3 Å². The number of ether oxygens (including phenoxy) is 4. The average molecular weight is 661 g/mol. The minimum Gasteiger partial charge on any atom is -0.493 e. The lowest BCUT2D eigenvalue weighted by molar-refractivity contribution is -0.201. The van der Waals surface area contributed by atoms with E-state index in [1.54, 1.807) is 12.3 Å². The van der Waals surface area contributed by atoms with E-state index in [-0.39, 0.29) is 30.9 Å². The molecule has 254 valence electrons. The number of carbonyl (C=O) groups excluding carboxylic acids is 1. The van der Waals surface area contributed by atoms with Crippen LogP contribution in [0.4, 0.5) is 0 Å². The van der Waals surface area contributed by atoms with E-state index in [4.69, 9.17) is 23.8 Å². The van der Waals surface area contributed by atoms with Gasteiger partial charge in [-0.05, 0) is 106 Å². The number of nitrogens with one attached hydrogen (secondary N) is 1. The molecule has 1 N–H and O–H groups in total. The van der Waals surface area contributed by atoms with Gasteiger partial charge in [0.2, 0.25) is 0 Å². The Morgan fingerprint density at radius 3 is 2.22 bits per heavy atom. The maximum Gasteiger partial charge on any atom is 0.264 e. The number of hydroxylamine groups is 1. The van der Waals surface area contributed by atoms with Crippen LogP contribution in [0.25, 0.3) is 11.1 Å². The normalized spacial score (nSPS) is 25.3. The Labute approximate surface area is 271 Å². The van der Waals surface area contributed by atoms with Crippen LogP contribution < -0.4 is 15.8 Å². The van der Waals surface area contributed by atoms with Crippen LogP contribution in [0, 0.1) is 5.92 Å². The number of rotatable bonds is 13. The van der Waals surface area contributed by atoms with Gasteiger partial charge in [-0.1, -0.05) is 12.1 Å². The number of aromatic nitrogens is 1. The molecule has 5 rings (SSSR count). The van der Waals surface area contributed by atoms with Crippen LogP contribution in [0.3, 0.4) is 0 Å². The van der Waals surface area contributed by atoms with Crippen molar-refractivity contribution in [2.24, 2.45) is 5.92 Å². The number of amides is 1. The van der Waals surface area contributed by atoms with Gasteiger partial charge in [0, 0.05) is 44.7 Å². The first-order valence-corrected chi connectivity index (χ1v) is 18.5. The third-order valence-electron chi connectivity index (χ3n) is 9.49. The smallest absolute Gasteiger partial charge is 0.264 e. The minimum absolute atomic E-state index is 0.0329. The first kappa shape index (κ1) is 34.6. The monoisotopic (exact) mass is 660 g/mol. The van der Waals surface area contributed by atoms with Crippen LogP contribution >= 0.6 is 0 Å². The molecule has 3 heterocycles. The number of hydrogen-bond donors (Lipinski definition) is 1. The summed E-state index contributed by atoms with van der Waals surface area (Å²) in [6.07, 6.45) is 12.1. The Kier molecular flexibility index (Phi) is 11.9. The Morgan fingerprint density at radius 1 is 0.935 bits per heavy atom. The summed E-state index contributed by atoms with van der Waals surface area (Å²) in [5, 5.41) is 0. The number of pyridine rings is 1. The van der Waals surface area contributed by atoms with E-state index in [0.717, 1.165) is 81.1 Å². The van der Waals surface area contributed by atoms with Crippen molar-refractivity contribution in [2.75, 3.05) is 26.1 Å². The molecule has 1 saturated carbocycles. The first-order chi connectivity index (χ1) is 22.1. The zero-order valence-corrected chi connectivity index (χ0v) is 27.8. The number of nitrogens with zero attached hydrogens (tertiary/aromatic N) is 1. The van der Waals surface area contributed by atoms with Crippen LogP contribution in [0.15, 0.2) is 47.4 Å². The average Bonchev–Trinajstić information content (AvgIpc) is 3.07. The minimum atomic E-state index is -3.85. The fourth-order valence-corrected chi connectivity index (χ4v) is 6.97. The maximum absolute atomic E-state index is 13.0. The zero-order valence-electron chi connectivity index (χ0n) is 27.0. The molecule has 1 aromatic heterocycles. The van der Waals surface area contributed by atoms with Gasteiger partial charge in [0.25, 0.3) is 11.5 Å². The van der Waals surface area contributed by atoms with E-state index in [2.05, 4.69) is 5.48 Å². The first-order valence-electron chi connectivity index (χ1n) is 16.6. The van der Waals surface area contributed by atoms with Crippen LogP contribution in [-0.4, -0.2) is 68.4 Å². The predicted molar refractivity (Wildman–Crippen MR) is 173 cm³/mol. The Hall–Kier alpha value is -2.77. The molecular formula is C34H48N2O9S. The highest BCUT2D eigenvalue weighted by molar-refractivity contribution is 7.92. The molecule has 0 bridgehead atoms. The molecule has 1 aliphatic carbocycles. The molecule has 3 aliphatic rings. The number of sulfone groups is 1. The number of aryl methyl sites for hydroxylation is 1. The molecule has 0 spiro atoms. The molecule has 12 heteroatoms. The van der Waals surface area contributed by atoms with Gasteiger partial charge in [0.15, 0.2) is 27.2 Å². The SMILES string of the molecule is C[C@@](CCn1ccc(-c2ccc(OC[C@H]3CC[C@@H](OC4CCCCO4)CC3)cc2)cc1=O)(C(=O)NOC1CCCCO1)S(C)(=O)=O. The van der Waals surface area contributed by atoms with Crippen molar-refractivity contribution in [3.8, 4) is 16.9 Å². The summed E-state index contributed by atoms with van der Waals surface area (Å²) in [7, 11) is -3.85. The molecule has 2 unspecified atom stereocenters. The van der Waals surface area contributed by atoms with Gasteiger partial charge < -0.3 is 23.5 Å². The lowest BCUT2D eigenvalue weighted by Gasteiger charge is -2.32. The number of hydrogen-bond acceptors (Lipinski definition) is 9. The van der Waals surface area contributed by atoms with Gasteiger partial charge in [-0.25, -0.2) is 18.7 Å². The fraction of sp³-hybridized carbons (Fsp3) is 0.647. The quantitative estimate of drug-likeness (QED) is 0.302. The van der Waals surface area contributed by atoms with Gasteiger partial charge in [-0.15, -0.1) is 0 Å². The largest absolute Gasteiger partial charge is 0.493 e. The van der Waals surface area contributed by atoms with Crippen molar-refractivity contribution >= 4 is 15.7 Å². The second kappa shape index (κ2) is 15.9. The van der Waals surface area contributed by atoms with Gasteiger partial charge in [-0.2, -0.15) is 0 Å². The van der Waals surface area contributed by atoms with E-state index >= 15 is 0 Å². The van der Waals surface area contributed by atoms with Crippen LogP contribution in [-0.2, 0) is 40.2 Å². The van der Waals surface area contributed by atoms with Gasteiger partial charge in [-0.3, -0.25) is 9.59 Å². The summed E-state index contributed by atoms with van der Waals surface area (Å²) in [5.41, 5.74) is 3.58. The lowest BCUT2D eigenvalue weighted by atomic mass is 9.88. The zero-order chi connectivity index (χ0) is 32.6. The third kappa shape index (κ3) is 9.19. The van der Waals surface area contributed by atoms with Crippen molar-refractivity contribution in [3.05, 3.63) is 52.9 Å². The predicted octanol–water partition coefficient (Wildman–Crippen LogP) is 4.76. The van der Waals surface area contributed by atoms with E-state index in [1.165, 1.54) is 24.0 Å². The van der Waals surface area contributed by atoms with E-state index in [0.29, 0.717) is 25.6 Å². The topological polar surface area (TPSA) is 131 Å². The molecule has 46 heavy (non-hydrogen) atoms. The molecular weight excluding hydrogens is 612 g/mol. The van der Waals surface area contributed by atoms with Crippen molar-refractivity contribution in [1.29, 1.82) is 0 Å². The molecule has 1 amide bonds. The van der Waals surface area contributed by atoms with Crippen LogP contribution in [0.5, 0.6) is 5.75 Å². The maximum atomic E-state index is 13.0. The fourth-order valence-electron chi connectivity index (χ4n) is 6.13. The van der Waals surface area contributed by atoms with E-state index in [9.17, 15) is 18.0 Å². The van der Waals surface area contributed by atoms with Crippen LogP contribution in [0.2, 0.25) is 0 Å². The highest BCUT2D eigenvalue weighted by Gasteiger charge is 2.44. The third-order valence-corrected chi connectivity index (χ3v) is 11.5. The van der Waals surface area contributed by atoms with Crippen molar-refractivity contribution < 1.29 is 37.0 Å². The molecule has 0 radical (unpaired) electrons. The van der Waals surface area contributed by atoms with Crippen molar-refractivity contribution in [2.45, 2.75) is 108 Å². The van der Waals surface area contributed by atoms with E-state index < -0.39 is 26.8 Å². The van der Waals surface area contributed by atoms with Gasteiger partial charge in [0.05, 0.1) is 12.7 Å². The summed E-state index contributed by atoms with van der Waals surface area (Å²) in [5.74, 6) is 0.486. The summed E-state index contributed by atoms with van der Waals surface area (Å²) in [4.78, 5) is 31.3. The second-order valence-electron chi connectivity index (χ2n) is 13.0. The summed E-state index contributed by atoms with van der Waals surface area (Å²) < 4.78 is 48.4.